The van der Waals surface area contributed by atoms with Crippen molar-refractivity contribution in [3.63, 3.8) is 0 Å². The van der Waals surface area contributed by atoms with Gasteiger partial charge in [0.15, 0.2) is 14.1 Å². The van der Waals surface area contributed by atoms with E-state index in [1.807, 2.05) is 0 Å². The topological polar surface area (TPSA) is 57.2 Å². The molecule has 1 aliphatic heterocycles. The van der Waals surface area contributed by atoms with Crippen LogP contribution in [0.3, 0.4) is 0 Å². The molecule has 1 spiro atoms. The summed E-state index contributed by atoms with van der Waals surface area (Å²) in [6, 6.07) is 0. The van der Waals surface area contributed by atoms with Crippen molar-refractivity contribution in [3.8, 4) is 11.8 Å². The maximum atomic E-state index is 10.9. The highest BCUT2D eigenvalue weighted by Gasteiger charge is 2.73. The zero-order valence-corrected chi connectivity index (χ0v) is 22.0. The van der Waals surface area contributed by atoms with Gasteiger partial charge in [-0.15, -0.1) is 0 Å². The minimum absolute atomic E-state index is 0.0460. The molecule has 0 aromatic heterocycles. The van der Waals surface area contributed by atoms with Crippen molar-refractivity contribution >= 4 is 8.32 Å². The van der Waals surface area contributed by atoms with Crippen molar-refractivity contribution < 1.29 is 23.7 Å². The Bertz CT molecular complexity index is 723. The van der Waals surface area contributed by atoms with Gasteiger partial charge in [0.1, 0.15) is 11.7 Å². The van der Waals surface area contributed by atoms with Crippen LogP contribution >= 0.6 is 0 Å². The van der Waals surface area contributed by atoms with Crippen LogP contribution in [0.5, 0.6) is 0 Å². The third kappa shape index (κ3) is 4.12. The third-order valence-corrected chi connectivity index (χ3v) is 13.7. The molecule has 3 saturated carbocycles. The van der Waals surface area contributed by atoms with Gasteiger partial charge in [0.05, 0.1) is 25.2 Å². The Labute approximate surface area is 196 Å². The molecule has 1 N–H and O–H groups in total. The first-order valence-electron chi connectivity index (χ1n) is 12.8. The summed E-state index contributed by atoms with van der Waals surface area (Å²) < 4.78 is 25.1. The molecular weight excluding hydrogens is 420 g/mol. The van der Waals surface area contributed by atoms with Gasteiger partial charge in [0.2, 0.25) is 0 Å². The van der Waals surface area contributed by atoms with E-state index in [4.69, 9.17) is 18.6 Å². The highest BCUT2D eigenvalue weighted by atomic mass is 28.4. The fraction of sp³-hybridized carbons (Fsp3) is 0.923. The number of aliphatic hydroxyl groups excluding tert-OH is 1. The van der Waals surface area contributed by atoms with Gasteiger partial charge in [-0.25, -0.2) is 0 Å². The summed E-state index contributed by atoms with van der Waals surface area (Å²) in [5.74, 6) is 6.98. The Morgan fingerprint density at radius 3 is 2.31 bits per heavy atom. The third-order valence-electron chi connectivity index (χ3n) is 9.21. The maximum Gasteiger partial charge on any atom is 0.198 e. The molecule has 3 aliphatic carbocycles. The average molecular weight is 465 g/mol. The number of fused-ring (bicyclic) bond motifs is 2. The second-order valence-corrected chi connectivity index (χ2v) is 16.7. The zero-order valence-electron chi connectivity index (χ0n) is 21.0. The molecule has 0 aromatic carbocycles. The van der Waals surface area contributed by atoms with Crippen LogP contribution in [0.2, 0.25) is 18.1 Å². The van der Waals surface area contributed by atoms with E-state index in [0.29, 0.717) is 25.6 Å². The molecule has 5 nitrogen and oxygen atoms in total. The number of rotatable bonds is 4. The van der Waals surface area contributed by atoms with Gasteiger partial charge in [0, 0.05) is 19.4 Å². The molecule has 0 radical (unpaired) electrons. The molecule has 6 heteroatoms. The van der Waals surface area contributed by atoms with Gasteiger partial charge in [-0.05, 0) is 49.7 Å². The van der Waals surface area contributed by atoms with Gasteiger partial charge in [-0.2, -0.15) is 0 Å². The normalized spacial score (nSPS) is 36.2. The lowest BCUT2D eigenvalue weighted by Crippen LogP contribution is -2.74. The molecule has 1 saturated heterocycles. The van der Waals surface area contributed by atoms with E-state index < -0.39 is 25.8 Å². The van der Waals surface area contributed by atoms with Crippen LogP contribution in [-0.2, 0) is 18.6 Å². The molecule has 32 heavy (non-hydrogen) atoms. The van der Waals surface area contributed by atoms with Crippen LogP contribution in [0.1, 0.15) is 72.1 Å². The molecule has 0 unspecified atom stereocenters. The predicted octanol–water partition coefficient (Wildman–Crippen LogP) is 4.88. The van der Waals surface area contributed by atoms with Crippen LogP contribution in [0.25, 0.3) is 0 Å². The smallest absolute Gasteiger partial charge is 0.198 e. The van der Waals surface area contributed by atoms with Crippen molar-refractivity contribution in [2.45, 2.75) is 114 Å². The standard InChI is InChI=1S/C26H44O5Si/c1-24(2,3)32(5,6)31-23(19-10-8-7-9-11-19)13-12-20-21-18-26(29-16-17-30-26)25(21,28-4)15-14-22(20)27/h19-23,27H,7-11,14-18H2,1-6H3/t20-,21-,22-,23+,25-/m0/s1. The summed E-state index contributed by atoms with van der Waals surface area (Å²) >= 11 is 0. The second kappa shape index (κ2) is 8.98. The zero-order chi connectivity index (χ0) is 23.2. The first-order chi connectivity index (χ1) is 15.1. The SMILES string of the molecule is CO[C@@]12CC[C@H](O)[C@@H](C#C[C@@H](O[Si](C)(C)C(C)(C)C)C3CCCCC3)[C@@H]1CC21OCCO1. The molecule has 5 atom stereocenters. The molecule has 4 fully saturated rings. The van der Waals surface area contributed by atoms with Crippen molar-refractivity contribution in [1.29, 1.82) is 0 Å². The predicted molar refractivity (Wildman–Crippen MR) is 128 cm³/mol. The summed E-state index contributed by atoms with van der Waals surface area (Å²) in [6.07, 6.45) is 7.91. The van der Waals surface area contributed by atoms with Crippen LogP contribution in [-0.4, -0.2) is 57.3 Å². The van der Waals surface area contributed by atoms with Crippen molar-refractivity contribution in [3.05, 3.63) is 0 Å². The monoisotopic (exact) mass is 464 g/mol. The van der Waals surface area contributed by atoms with E-state index in [0.717, 1.165) is 12.8 Å². The van der Waals surface area contributed by atoms with Gasteiger partial charge in [-0.3, -0.25) is 0 Å². The molecule has 1 heterocycles. The molecule has 4 aliphatic rings. The Morgan fingerprint density at radius 1 is 1.06 bits per heavy atom. The van der Waals surface area contributed by atoms with Gasteiger partial charge >= 0.3 is 0 Å². The molecule has 0 aromatic rings. The fourth-order valence-corrected chi connectivity index (χ4v) is 7.40. The Balaban J connectivity index is 1.58. The van der Waals surface area contributed by atoms with E-state index in [2.05, 4.69) is 45.7 Å². The summed E-state index contributed by atoms with van der Waals surface area (Å²) in [5, 5.41) is 11.1. The van der Waals surface area contributed by atoms with Crippen molar-refractivity contribution in [1.82, 2.24) is 0 Å². The Hall–Kier alpha value is -0.423. The van der Waals surface area contributed by atoms with E-state index in [1.54, 1.807) is 7.11 Å². The molecule has 0 amide bonds. The Morgan fingerprint density at radius 2 is 1.72 bits per heavy atom. The lowest BCUT2D eigenvalue weighted by Gasteiger charge is -2.63. The highest BCUT2D eigenvalue weighted by molar-refractivity contribution is 6.74. The largest absolute Gasteiger partial charge is 0.403 e. The molecule has 4 rings (SSSR count). The summed E-state index contributed by atoms with van der Waals surface area (Å²) in [7, 11) is -0.193. The summed E-state index contributed by atoms with van der Waals surface area (Å²) in [5.41, 5.74) is -0.497. The van der Waals surface area contributed by atoms with Crippen molar-refractivity contribution in [2.75, 3.05) is 20.3 Å². The van der Waals surface area contributed by atoms with Crippen molar-refractivity contribution in [2.24, 2.45) is 17.8 Å². The lowest BCUT2D eigenvalue weighted by atomic mass is 9.52. The fourth-order valence-electron chi connectivity index (χ4n) is 6.16. The van der Waals surface area contributed by atoms with Crippen LogP contribution in [0.15, 0.2) is 0 Å². The molecule has 0 bridgehead atoms. The quantitative estimate of drug-likeness (QED) is 0.475. The van der Waals surface area contributed by atoms with Crippen LogP contribution in [0.4, 0.5) is 0 Å². The summed E-state index contributed by atoms with van der Waals surface area (Å²) in [6.45, 7) is 12.7. The number of ether oxygens (including phenoxy) is 3. The van der Waals surface area contributed by atoms with E-state index >= 15 is 0 Å². The Kier molecular flexibility index (Phi) is 6.93. The lowest BCUT2D eigenvalue weighted by molar-refractivity contribution is -0.381. The van der Waals surface area contributed by atoms with Gasteiger partial charge in [0.25, 0.3) is 0 Å². The highest BCUT2D eigenvalue weighted by Crippen LogP contribution is 2.62. The molecular formula is C26H44O5Si. The van der Waals surface area contributed by atoms with Crippen LogP contribution < -0.4 is 0 Å². The van der Waals surface area contributed by atoms with Gasteiger partial charge in [-0.1, -0.05) is 51.9 Å². The first-order valence-corrected chi connectivity index (χ1v) is 15.7. The van der Waals surface area contributed by atoms with E-state index in [-0.39, 0.29) is 23.0 Å². The second-order valence-electron chi connectivity index (χ2n) is 12.0. The average Bonchev–Trinajstić information content (AvgIpc) is 3.24. The van der Waals surface area contributed by atoms with Crippen LogP contribution in [0, 0.1) is 29.6 Å². The van der Waals surface area contributed by atoms with E-state index in [1.165, 1.54) is 32.1 Å². The minimum atomic E-state index is -1.95. The number of aliphatic hydroxyl groups is 1. The minimum Gasteiger partial charge on any atom is -0.403 e. The maximum absolute atomic E-state index is 10.9. The number of hydrogen-bond acceptors (Lipinski definition) is 5. The number of hydrogen-bond donors (Lipinski definition) is 1. The van der Waals surface area contributed by atoms with Gasteiger partial charge < -0.3 is 23.7 Å². The first kappa shape index (κ1) is 24.7. The number of methoxy groups -OCH3 is 1. The molecule has 182 valence electrons. The summed E-state index contributed by atoms with van der Waals surface area (Å²) in [4.78, 5) is 0. The van der Waals surface area contributed by atoms with E-state index in [9.17, 15) is 5.11 Å².